The van der Waals surface area contributed by atoms with Crippen LogP contribution in [0.2, 0.25) is 0 Å². The average Bonchev–Trinajstić information content (AvgIpc) is 3.21. The van der Waals surface area contributed by atoms with E-state index in [1.54, 1.807) is 0 Å². The molecule has 0 radical (unpaired) electrons. The Morgan fingerprint density at radius 3 is 2.47 bits per heavy atom. The molecule has 0 spiro atoms. The van der Waals surface area contributed by atoms with Crippen molar-refractivity contribution in [2.45, 2.75) is 26.7 Å². The summed E-state index contributed by atoms with van der Waals surface area (Å²) in [6.45, 7) is 5.44. The van der Waals surface area contributed by atoms with Gasteiger partial charge in [0, 0.05) is 30.4 Å². The fourth-order valence-electron chi connectivity index (χ4n) is 3.73. The van der Waals surface area contributed by atoms with Gasteiger partial charge in [0.2, 0.25) is 0 Å². The zero-order chi connectivity index (χ0) is 22.7. The predicted octanol–water partition coefficient (Wildman–Crippen LogP) is 1.65. The maximum atomic E-state index is 12.6. The molecule has 0 saturated carbocycles. The molecule has 1 saturated heterocycles. The minimum Gasteiger partial charge on any atom is -0.494 e. The average molecular weight is 436 g/mol. The summed E-state index contributed by atoms with van der Waals surface area (Å²) in [5, 5.41) is 7.20. The fraction of sp³-hybridized carbons (Fsp3) is 0.348. The Kier molecular flexibility index (Phi) is 6.16. The summed E-state index contributed by atoms with van der Waals surface area (Å²) in [5.74, 6) is -1.06. The molecule has 0 bridgehead atoms. The van der Waals surface area contributed by atoms with Crippen molar-refractivity contribution in [1.82, 2.24) is 10.2 Å². The SMILES string of the molecule is CCOc1ccc(N2CCN3C(=O)C(=O)[N+](CC(=O)NCc4ccc(C)cc4)=NC32)cc1. The van der Waals surface area contributed by atoms with Crippen LogP contribution in [0.1, 0.15) is 18.1 Å². The van der Waals surface area contributed by atoms with Gasteiger partial charge in [-0.25, -0.2) is 4.79 Å². The van der Waals surface area contributed by atoms with Crippen LogP contribution in [0.5, 0.6) is 5.75 Å². The maximum absolute atomic E-state index is 12.6. The van der Waals surface area contributed by atoms with Gasteiger partial charge in [0.25, 0.3) is 18.7 Å². The Labute approximate surface area is 186 Å². The quantitative estimate of drug-likeness (QED) is 0.526. The molecule has 2 aromatic carbocycles. The van der Waals surface area contributed by atoms with E-state index < -0.39 is 18.1 Å². The molecule has 1 atom stereocenters. The second-order valence-corrected chi connectivity index (χ2v) is 7.71. The topological polar surface area (TPSA) is 94.3 Å². The number of ether oxygens (including phenoxy) is 1. The first-order valence-corrected chi connectivity index (χ1v) is 10.6. The van der Waals surface area contributed by atoms with E-state index in [0.717, 1.165) is 27.3 Å². The summed E-state index contributed by atoms with van der Waals surface area (Å²) in [7, 11) is 0. The van der Waals surface area contributed by atoms with Crippen LogP contribution in [-0.2, 0) is 20.9 Å². The smallest absolute Gasteiger partial charge is 0.494 e. The zero-order valence-electron chi connectivity index (χ0n) is 18.2. The van der Waals surface area contributed by atoms with Crippen LogP contribution in [0.3, 0.4) is 0 Å². The number of hydrogen-bond donors (Lipinski definition) is 1. The Bertz CT molecular complexity index is 1050. The normalized spacial score (nSPS) is 17.8. The van der Waals surface area contributed by atoms with E-state index in [9.17, 15) is 14.4 Å². The van der Waals surface area contributed by atoms with Crippen molar-refractivity contribution in [3.63, 3.8) is 0 Å². The van der Waals surface area contributed by atoms with Crippen molar-refractivity contribution in [2.24, 2.45) is 5.11 Å². The van der Waals surface area contributed by atoms with Gasteiger partial charge in [0.05, 0.1) is 6.61 Å². The molecule has 0 aromatic heterocycles. The lowest BCUT2D eigenvalue weighted by Crippen LogP contribution is -2.53. The highest BCUT2D eigenvalue weighted by molar-refractivity contribution is 6.31. The molecule has 2 aromatic rings. The highest BCUT2D eigenvalue weighted by atomic mass is 16.5. The number of aryl methyl sites for hydroxylation is 1. The van der Waals surface area contributed by atoms with E-state index in [1.165, 1.54) is 4.90 Å². The third-order valence-corrected chi connectivity index (χ3v) is 5.44. The minimum absolute atomic E-state index is 0.308. The summed E-state index contributed by atoms with van der Waals surface area (Å²) in [4.78, 5) is 40.9. The van der Waals surface area contributed by atoms with E-state index in [4.69, 9.17) is 4.74 Å². The Morgan fingerprint density at radius 1 is 1.09 bits per heavy atom. The lowest BCUT2D eigenvalue weighted by atomic mass is 10.1. The van der Waals surface area contributed by atoms with Gasteiger partial charge in [-0.15, -0.1) is 0 Å². The number of azo groups is 2. The van der Waals surface area contributed by atoms with E-state index in [0.29, 0.717) is 26.2 Å². The molecule has 1 fully saturated rings. The zero-order valence-corrected chi connectivity index (χ0v) is 18.2. The van der Waals surface area contributed by atoms with Gasteiger partial charge in [-0.2, -0.15) is 0 Å². The van der Waals surface area contributed by atoms with Crippen LogP contribution in [0.4, 0.5) is 5.69 Å². The van der Waals surface area contributed by atoms with Crippen LogP contribution in [-0.4, -0.2) is 59.8 Å². The number of anilines is 1. The summed E-state index contributed by atoms with van der Waals surface area (Å²) in [5.41, 5.74) is 2.94. The van der Waals surface area contributed by atoms with E-state index in [1.807, 2.05) is 67.3 Å². The second kappa shape index (κ2) is 9.17. The Morgan fingerprint density at radius 2 is 1.78 bits per heavy atom. The number of nitrogens with zero attached hydrogens (tertiary/aromatic N) is 4. The highest BCUT2D eigenvalue weighted by Gasteiger charge is 2.49. The van der Waals surface area contributed by atoms with Crippen LogP contribution in [0.15, 0.2) is 53.6 Å². The minimum atomic E-state index is -0.791. The van der Waals surface area contributed by atoms with Gasteiger partial charge in [0.1, 0.15) is 5.75 Å². The number of rotatable bonds is 7. The maximum Gasteiger partial charge on any atom is 0.502 e. The summed E-state index contributed by atoms with van der Waals surface area (Å²) in [6.07, 6.45) is -0.664. The van der Waals surface area contributed by atoms with E-state index >= 15 is 0 Å². The van der Waals surface area contributed by atoms with Gasteiger partial charge < -0.3 is 15.0 Å². The standard InChI is InChI=1S/C23H25N5O4/c1-3-32-19-10-8-18(9-11-19)26-12-13-27-21(30)22(31)28(25-23(26)27)15-20(29)24-14-17-6-4-16(2)5-7-17/h4-11,23H,3,12-15H2,1-2H3/p+1. The van der Waals surface area contributed by atoms with Crippen LogP contribution < -0.4 is 15.0 Å². The lowest BCUT2D eigenvalue weighted by molar-refractivity contribution is -0.509. The summed E-state index contributed by atoms with van der Waals surface area (Å²) in [6, 6.07) is 15.3. The summed E-state index contributed by atoms with van der Waals surface area (Å²) < 4.78 is 6.45. The van der Waals surface area contributed by atoms with Crippen molar-refractivity contribution < 1.29 is 23.8 Å². The third kappa shape index (κ3) is 4.46. The first kappa shape index (κ1) is 21.5. The number of nitrogens with one attached hydrogen (secondary N) is 1. The molecule has 2 heterocycles. The number of carbonyl (C=O) groups excluding carboxylic acids is 3. The lowest BCUT2D eigenvalue weighted by Gasteiger charge is -2.27. The van der Waals surface area contributed by atoms with Crippen LogP contribution in [0.25, 0.3) is 0 Å². The van der Waals surface area contributed by atoms with Gasteiger partial charge >= 0.3 is 11.8 Å². The molecule has 0 aliphatic carbocycles. The van der Waals surface area contributed by atoms with Crippen molar-refractivity contribution in [1.29, 1.82) is 0 Å². The molecular weight excluding hydrogens is 410 g/mol. The monoisotopic (exact) mass is 436 g/mol. The molecule has 32 heavy (non-hydrogen) atoms. The van der Waals surface area contributed by atoms with E-state index in [-0.39, 0.29) is 12.5 Å². The second-order valence-electron chi connectivity index (χ2n) is 7.71. The predicted molar refractivity (Wildman–Crippen MR) is 116 cm³/mol. The first-order valence-electron chi connectivity index (χ1n) is 10.6. The van der Waals surface area contributed by atoms with Crippen molar-refractivity contribution in [3.8, 4) is 5.75 Å². The molecule has 3 amide bonds. The molecule has 9 heteroatoms. The molecule has 1 unspecified atom stereocenters. The van der Waals surface area contributed by atoms with Gasteiger partial charge in [-0.3, -0.25) is 14.5 Å². The number of carbonyl (C=O) groups is 3. The van der Waals surface area contributed by atoms with Crippen LogP contribution >= 0.6 is 0 Å². The van der Waals surface area contributed by atoms with Gasteiger partial charge in [-0.05, 0) is 48.4 Å². The molecular formula is C23H26N5O4+. The van der Waals surface area contributed by atoms with Crippen molar-refractivity contribution in [2.75, 3.05) is 31.1 Å². The molecule has 2 aliphatic rings. The molecule has 2 aliphatic heterocycles. The Balaban J connectivity index is 1.46. The molecule has 4 rings (SSSR count). The fourth-order valence-corrected chi connectivity index (χ4v) is 3.73. The van der Waals surface area contributed by atoms with Crippen molar-refractivity contribution in [3.05, 3.63) is 59.7 Å². The largest absolute Gasteiger partial charge is 0.502 e. The van der Waals surface area contributed by atoms with Crippen molar-refractivity contribution >= 4 is 23.4 Å². The third-order valence-electron chi connectivity index (χ3n) is 5.44. The van der Waals surface area contributed by atoms with E-state index in [2.05, 4.69) is 10.4 Å². The molecule has 166 valence electrons. The Hall–Kier alpha value is -3.75. The molecule has 1 N–H and O–H groups in total. The van der Waals surface area contributed by atoms with Crippen LogP contribution in [0, 0.1) is 6.92 Å². The highest BCUT2D eigenvalue weighted by Crippen LogP contribution is 2.28. The van der Waals surface area contributed by atoms with Gasteiger partial charge in [-0.1, -0.05) is 29.8 Å². The van der Waals surface area contributed by atoms with Gasteiger partial charge in [0.15, 0.2) is 0 Å². The number of fused-ring (bicyclic) bond motifs is 1. The molecule has 9 nitrogen and oxygen atoms in total. The number of benzene rings is 2. The summed E-state index contributed by atoms with van der Waals surface area (Å²) >= 11 is 0. The number of amides is 3. The number of hydrogen-bond acceptors (Lipinski definition) is 6. The first-order chi connectivity index (χ1) is 15.5.